The topological polar surface area (TPSA) is 105 Å². The quantitative estimate of drug-likeness (QED) is 0.536. The minimum absolute atomic E-state index is 0.0954. The second kappa shape index (κ2) is 8.17. The summed E-state index contributed by atoms with van der Waals surface area (Å²) in [4.78, 5) is 28.2. The molecular formula is C17H12F3N3O4S2. The summed E-state index contributed by atoms with van der Waals surface area (Å²) in [7, 11) is -2.60. The molecule has 1 aromatic heterocycles. The summed E-state index contributed by atoms with van der Waals surface area (Å²) >= 11 is 1.03. The number of thiazole rings is 1. The van der Waals surface area contributed by atoms with Crippen molar-refractivity contribution in [2.45, 2.75) is 11.9 Å². The van der Waals surface area contributed by atoms with E-state index >= 15 is 0 Å². The lowest BCUT2D eigenvalue weighted by molar-refractivity contribution is -0.137. The van der Waals surface area contributed by atoms with Crippen LogP contribution in [0.1, 0.15) is 21.5 Å². The molecule has 3 amide bonds. The third-order valence-electron chi connectivity index (χ3n) is 3.69. The van der Waals surface area contributed by atoms with E-state index in [4.69, 9.17) is 0 Å². The van der Waals surface area contributed by atoms with Crippen molar-refractivity contribution in [3.63, 3.8) is 0 Å². The number of halogens is 3. The number of urea groups is 1. The molecule has 1 heterocycles. The summed E-state index contributed by atoms with van der Waals surface area (Å²) in [6, 6.07) is 7.81. The van der Waals surface area contributed by atoms with Crippen LogP contribution in [0.3, 0.4) is 0 Å². The van der Waals surface area contributed by atoms with E-state index in [2.05, 4.69) is 10.3 Å². The summed E-state index contributed by atoms with van der Waals surface area (Å²) in [5, 5.41) is 4.22. The molecule has 0 saturated heterocycles. The van der Waals surface area contributed by atoms with E-state index in [0.717, 1.165) is 29.5 Å². The van der Waals surface area contributed by atoms with Gasteiger partial charge >= 0.3 is 12.2 Å². The molecule has 2 aromatic carbocycles. The molecule has 0 saturated carbocycles. The predicted molar refractivity (Wildman–Crippen MR) is 102 cm³/mol. The van der Waals surface area contributed by atoms with Gasteiger partial charge in [-0.1, -0.05) is 29.5 Å². The number of carbonyl (C=O) groups excluding carboxylic acids is 2. The van der Waals surface area contributed by atoms with Gasteiger partial charge in [-0.3, -0.25) is 15.4 Å². The van der Waals surface area contributed by atoms with Crippen LogP contribution >= 0.6 is 11.3 Å². The zero-order valence-electron chi connectivity index (χ0n) is 14.3. The molecule has 152 valence electrons. The fraction of sp³-hybridized carbons (Fsp3) is 0.118. The molecular weight excluding hydrogens is 431 g/mol. The van der Waals surface area contributed by atoms with Gasteiger partial charge in [-0.25, -0.2) is 18.2 Å². The van der Waals surface area contributed by atoms with E-state index in [1.165, 1.54) is 6.07 Å². The van der Waals surface area contributed by atoms with Crippen LogP contribution < -0.4 is 10.6 Å². The van der Waals surface area contributed by atoms with Crippen LogP contribution in [-0.4, -0.2) is 25.3 Å². The zero-order valence-corrected chi connectivity index (χ0v) is 16.0. The first-order valence-electron chi connectivity index (χ1n) is 7.93. The molecule has 0 atom stereocenters. The molecule has 0 spiro atoms. The maximum absolute atomic E-state index is 13.0. The van der Waals surface area contributed by atoms with Gasteiger partial charge in [0, 0.05) is 0 Å². The summed E-state index contributed by atoms with van der Waals surface area (Å²) in [5.41, 5.74) is -0.804. The van der Waals surface area contributed by atoms with Crippen LogP contribution in [0.2, 0.25) is 0 Å². The number of nitrogens with one attached hydrogen (secondary N) is 2. The summed E-state index contributed by atoms with van der Waals surface area (Å²) in [5.74, 6) is -1.35. The molecule has 3 rings (SSSR count). The first-order valence-corrected chi connectivity index (χ1v) is 10.1. The Morgan fingerprint density at radius 3 is 2.52 bits per heavy atom. The largest absolute Gasteiger partial charge is 0.417 e. The molecule has 12 heteroatoms. The van der Waals surface area contributed by atoms with Crippen LogP contribution in [0.5, 0.6) is 0 Å². The molecule has 3 aromatic rings. The Hall–Kier alpha value is -2.99. The molecule has 29 heavy (non-hydrogen) atoms. The van der Waals surface area contributed by atoms with Gasteiger partial charge < -0.3 is 0 Å². The highest BCUT2D eigenvalue weighted by Crippen LogP contribution is 2.32. The second-order valence-electron chi connectivity index (χ2n) is 5.76. The standard InChI is InChI=1S/C17H12F3N3O4S2/c18-17(19,20)11-4-2-1-3-10(11)14(24)22-15(25)23-16-21-12-6-5-9(8-29(26)27)7-13(12)28-16/h1-7,29H,8H2,(H2,21,22,23,24,25). The Labute approximate surface area is 167 Å². The number of hydrogen-bond donors (Lipinski definition) is 3. The zero-order chi connectivity index (χ0) is 21.2. The van der Waals surface area contributed by atoms with E-state index in [-0.39, 0.29) is 10.9 Å². The van der Waals surface area contributed by atoms with Crippen LogP contribution in [-0.2, 0) is 22.6 Å². The summed E-state index contributed by atoms with van der Waals surface area (Å²) in [6.45, 7) is 0. The minimum atomic E-state index is -4.75. The lowest BCUT2D eigenvalue weighted by atomic mass is 10.1. The van der Waals surface area contributed by atoms with Crippen molar-refractivity contribution in [3.8, 4) is 0 Å². The molecule has 2 N–H and O–H groups in total. The number of fused-ring (bicyclic) bond motifs is 1. The van der Waals surface area contributed by atoms with Gasteiger partial charge in [0.1, 0.15) is 10.7 Å². The highest BCUT2D eigenvalue weighted by molar-refractivity contribution is 7.71. The molecule has 0 fully saturated rings. The van der Waals surface area contributed by atoms with Crippen molar-refractivity contribution in [2.75, 3.05) is 5.32 Å². The number of rotatable bonds is 4. The molecule has 0 bridgehead atoms. The highest BCUT2D eigenvalue weighted by Gasteiger charge is 2.35. The number of hydrogen-bond acceptors (Lipinski definition) is 6. The fourth-order valence-corrected chi connectivity index (χ4v) is 3.92. The molecule has 0 aliphatic rings. The van der Waals surface area contributed by atoms with E-state index in [0.29, 0.717) is 15.8 Å². The monoisotopic (exact) mass is 443 g/mol. The van der Waals surface area contributed by atoms with E-state index in [1.807, 2.05) is 5.32 Å². The normalized spacial score (nSPS) is 11.6. The maximum atomic E-state index is 13.0. The Kier molecular flexibility index (Phi) is 5.84. The number of benzene rings is 2. The second-order valence-corrected chi connectivity index (χ2v) is 7.78. The molecule has 0 unspecified atom stereocenters. The first-order chi connectivity index (χ1) is 13.6. The van der Waals surface area contributed by atoms with Gasteiger partial charge in [0.05, 0.1) is 27.1 Å². The molecule has 7 nitrogen and oxygen atoms in total. The Morgan fingerprint density at radius 2 is 1.83 bits per heavy atom. The smallest absolute Gasteiger partial charge is 0.283 e. The lowest BCUT2D eigenvalue weighted by Crippen LogP contribution is -2.35. The van der Waals surface area contributed by atoms with E-state index < -0.39 is 39.9 Å². The average molecular weight is 443 g/mol. The van der Waals surface area contributed by atoms with Crippen molar-refractivity contribution in [3.05, 3.63) is 59.2 Å². The SMILES string of the molecule is O=C(NC(=O)c1ccccc1C(F)(F)F)Nc1nc2ccc(C[SH](=O)=O)cc2s1. The van der Waals surface area contributed by atoms with Gasteiger partial charge in [-0.15, -0.1) is 0 Å². The lowest BCUT2D eigenvalue weighted by Gasteiger charge is -2.12. The van der Waals surface area contributed by atoms with Crippen LogP contribution in [0.4, 0.5) is 23.1 Å². The Balaban J connectivity index is 1.73. The van der Waals surface area contributed by atoms with Crippen molar-refractivity contribution >= 4 is 49.3 Å². The third-order valence-corrected chi connectivity index (χ3v) is 5.25. The van der Waals surface area contributed by atoms with Gasteiger partial charge in [-0.2, -0.15) is 13.2 Å². The number of alkyl halides is 3. The summed E-state index contributed by atoms with van der Waals surface area (Å²) < 4.78 is 61.2. The van der Waals surface area contributed by atoms with Gasteiger partial charge in [-0.05, 0) is 29.8 Å². The summed E-state index contributed by atoms with van der Waals surface area (Å²) in [6.07, 6.45) is -4.75. The van der Waals surface area contributed by atoms with Gasteiger partial charge in [0.25, 0.3) is 5.91 Å². The van der Waals surface area contributed by atoms with Gasteiger partial charge in [0.15, 0.2) is 5.13 Å². The number of nitrogens with zero attached hydrogens (tertiary/aromatic N) is 1. The fourth-order valence-electron chi connectivity index (χ4n) is 2.50. The van der Waals surface area contributed by atoms with Crippen molar-refractivity contribution in [1.82, 2.24) is 10.3 Å². The number of thiol groups is 1. The number of aromatic nitrogens is 1. The van der Waals surface area contributed by atoms with Gasteiger partial charge in [0.2, 0.25) is 0 Å². The Morgan fingerprint density at radius 1 is 1.10 bits per heavy atom. The number of carbonyl (C=O) groups is 2. The number of anilines is 1. The molecule has 0 aliphatic heterocycles. The Bertz CT molecular complexity index is 1160. The number of imide groups is 1. The maximum Gasteiger partial charge on any atom is 0.417 e. The highest BCUT2D eigenvalue weighted by atomic mass is 32.2. The van der Waals surface area contributed by atoms with E-state index in [1.54, 1.807) is 18.2 Å². The molecule has 0 aliphatic carbocycles. The van der Waals surface area contributed by atoms with Crippen LogP contribution in [0.15, 0.2) is 42.5 Å². The van der Waals surface area contributed by atoms with Crippen molar-refractivity contribution in [2.24, 2.45) is 0 Å². The van der Waals surface area contributed by atoms with Crippen LogP contribution in [0, 0.1) is 0 Å². The first kappa shape index (κ1) is 20.7. The average Bonchev–Trinajstić information content (AvgIpc) is 3.01. The third kappa shape index (κ3) is 5.09. The minimum Gasteiger partial charge on any atom is -0.283 e. The van der Waals surface area contributed by atoms with E-state index in [9.17, 15) is 31.2 Å². The van der Waals surface area contributed by atoms with Crippen LogP contribution in [0.25, 0.3) is 10.2 Å². The molecule has 0 radical (unpaired) electrons. The van der Waals surface area contributed by atoms with Crippen molar-refractivity contribution < 1.29 is 31.2 Å². The number of amides is 3. The predicted octanol–water partition coefficient (Wildman–Crippen LogP) is 3.39. The van der Waals surface area contributed by atoms with Crippen molar-refractivity contribution in [1.29, 1.82) is 0 Å².